The summed E-state index contributed by atoms with van der Waals surface area (Å²) in [5, 5.41) is 16.5. The van der Waals surface area contributed by atoms with Crippen LogP contribution in [0.5, 0.6) is 0 Å². The van der Waals surface area contributed by atoms with Gasteiger partial charge in [-0.05, 0) is 18.6 Å². The third-order valence-electron chi connectivity index (χ3n) is 4.06. The van der Waals surface area contributed by atoms with Crippen LogP contribution < -0.4 is 10.6 Å². The molecular formula is C20H18N4O4S. The number of nitro groups is 1. The molecule has 0 spiro atoms. The highest BCUT2D eigenvalue weighted by Crippen LogP contribution is 2.21. The van der Waals surface area contributed by atoms with Gasteiger partial charge in [-0.25, -0.2) is 4.98 Å². The molecule has 0 aliphatic carbocycles. The molecule has 0 aliphatic rings. The lowest BCUT2D eigenvalue weighted by atomic mass is 10.1. The van der Waals surface area contributed by atoms with E-state index in [1.165, 1.54) is 36.5 Å². The van der Waals surface area contributed by atoms with E-state index in [9.17, 15) is 19.7 Å². The second-order valence-electron chi connectivity index (χ2n) is 6.29. The van der Waals surface area contributed by atoms with E-state index >= 15 is 0 Å². The summed E-state index contributed by atoms with van der Waals surface area (Å²) < 4.78 is 0. The predicted molar refractivity (Wildman–Crippen MR) is 110 cm³/mol. The molecule has 0 aliphatic heterocycles. The number of carbonyl (C=O) groups is 2. The molecule has 2 aromatic carbocycles. The summed E-state index contributed by atoms with van der Waals surface area (Å²) in [6, 6.07) is 14.4. The Morgan fingerprint density at radius 1 is 1.17 bits per heavy atom. The smallest absolute Gasteiger partial charge is 0.270 e. The zero-order valence-electron chi connectivity index (χ0n) is 15.5. The Hall–Kier alpha value is -3.59. The van der Waals surface area contributed by atoms with Gasteiger partial charge in [0.25, 0.3) is 11.6 Å². The predicted octanol–water partition coefficient (Wildman–Crippen LogP) is 3.40. The Balaban J connectivity index is 1.57. The van der Waals surface area contributed by atoms with Crippen LogP contribution in [0.4, 0.5) is 10.8 Å². The molecule has 0 fully saturated rings. The van der Waals surface area contributed by atoms with Crippen molar-refractivity contribution in [3.8, 4) is 0 Å². The van der Waals surface area contributed by atoms with Crippen molar-refractivity contribution < 1.29 is 14.5 Å². The van der Waals surface area contributed by atoms with E-state index in [4.69, 9.17) is 0 Å². The van der Waals surface area contributed by atoms with Crippen LogP contribution in [0.1, 0.15) is 27.7 Å². The van der Waals surface area contributed by atoms with E-state index < -0.39 is 22.8 Å². The maximum absolute atomic E-state index is 12.4. The van der Waals surface area contributed by atoms with E-state index in [-0.39, 0.29) is 11.3 Å². The van der Waals surface area contributed by atoms with Crippen molar-refractivity contribution >= 4 is 34.0 Å². The SMILES string of the molecule is CC(NC(=O)c1cccc([N+](=O)[O-])c1)C(=O)Nc1ncc(Cc2ccccc2)s1. The monoisotopic (exact) mass is 410 g/mol. The van der Waals surface area contributed by atoms with Gasteiger partial charge in [-0.15, -0.1) is 11.3 Å². The largest absolute Gasteiger partial charge is 0.341 e. The van der Waals surface area contributed by atoms with E-state index in [1.807, 2.05) is 30.3 Å². The third-order valence-corrected chi connectivity index (χ3v) is 4.98. The van der Waals surface area contributed by atoms with Crippen LogP contribution >= 0.6 is 11.3 Å². The Kier molecular flexibility index (Phi) is 6.30. The maximum Gasteiger partial charge on any atom is 0.270 e. The Bertz CT molecular complexity index is 1040. The summed E-state index contributed by atoms with van der Waals surface area (Å²) in [6.45, 7) is 1.53. The van der Waals surface area contributed by atoms with Crippen LogP contribution in [0, 0.1) is 10.1 Å². The number of anilines is 1. The molecule has 0 saturated heterocycles. The van der Waals surface area contributed by atoms with E-state index in [2.05, 4.69) is 15.6 Å². The van der Waals surface area contributed by atoms with Gasteiger partial charge >= 0.3 is 0 Å². The van der Waals surface area contributed by atoms with Gasteiger partial charge in [-0.3, -0.25) is 19.7 Å². The van der Waals surface area contributed by atoms with Crippen LogP contribution in [-0.2, 0) is 11.2 Å². The molecule has 2 amide bonds. The molecule has 8 nitrogen and oxygen atoms in total. The van der Waals surface area contributed by atoms with Crippen LogP contribution in [0.25, 0.3) is 0 Å². The van der Waals surface area contributed by atoms with Crippen LogP contribution in [0.2, 0.25) is 0 Å². The molecule has 1 atom stereocenters. The number of nitro benzene ring substituents is 1. The fourth-order valence-electron chi connectivity index (χ4n) is 2.56. The standard InChI is InChI=1S/C20H18N4O4S/c1-13(22-19(26)15-8-5-9-16(11-15)24(27)28)18(25)23-20-21-12-17(29-20)10-14-6-3-2-4-7-14/h2-9,11-13H,10H2,1H3,(H,22,26)(H,21,23,25). The summed E-state index contributed by atoms with van der Waals surface area (Å²) in [5.41, 5.74) is 1.06. The van der Waals surface area contributed by atoms with Crippen LogP contribution in [0.3, 0.4) is 0 Å². The molecule has 3 rings (SSSR count). The number of thiazole rings is 1. The molecule has 29 heavy (non-hydrogen) atoms. The van der Waals surface area contributed by atoms with Crippen LogP contribution in [-0.4, -0.2) is 27.8 Å². The maximum atomic E-state index is 12.4. The minimum atomic E-state index is -0.844. The van der Waals surface area contributed by atoms with Gasteiger partial charge in [0.1, 0.15) is 6.04 Å². The Labute approximate surface area is 170 Å². The normalized spacial score (nSPS) is 11.5. The first-order valence-electron chi connectivity index (χ1n) is 8.77. The topological polar surface area (TPSA) is 114 Å². The van der Waals surface area contributed by atoms with Crippen molar-refractivity contribution in [2.75, 3.05) is 5.32 Å². The highest BCUT2D eigenvalue weighted by molar-refractivity contribution is 7.15. The van der Waals surface area contributed by atoms with Crippen molar-refractivity contribution in [1.29, 1.82) is 0 Å². The van der Waals surface area contributed by atoms with Crippen molar-refractivity contribution in [3.63, 3.8) is 0 Å². The number of nitrogens with one attached hydrogen (secondary N) is 2. The number of aromatic nitrogens is 1. The lowest BCUT2D eigenvalue weighted by Gasteiger charge is -2.13. The molecule has 1 aromatic heterocycles. The van der Waals surface area contributed by atoms with Gasteiger partial charge in [0.15, 0.2) is 5.13 Å². The molecule has 9 heteroatoms. The third kappa shape index (κ3) is 5.45. The first-order valence-corrected chi connectivity index (χ1v) is 9.59. The molecule has 1 unspecified atom stereocenters. The number of nitrogens with zero attached hydrogens (tertiary/aromatic N) is 2. The lowest BCUT2D eigenvalue weighted by molar-refractivity contribution is -0.384. The van der Waals surface area contributed by atoms with E-state index in [0.717, 1.165) is 16.5 Å². The average molecular weight is 410 g/mol. The lowest BCUT2D eigenvalue weighted by Crippen LogP contribution is -2.41. The molecule has 0 radical (unpaired) electrons. The van der Waals surface area contributed by atoms with Crippen LogP contribution in [0.15, 0.2) is 60.8 Å². The first-order chi connectivity index (χ1) is 13.9. The Morgan fingerprint density at radius 2 is 1.93 bits per heavy atom. The fraction of sp³-hybridized carbons (Fsp3) is 0.150. The average Bonchev–Trinajstić information content (AvgIpc) is 3.15. The van der Waals surface area contributed by atoms with Gasteiger partial charge in [0.05, 0.1) is 4.92 Å². The van der Waals surface area contributed by atoms with Gasteiger partial charge in [0.2, 0.25) is 5.91 Å². The first kappa shape index (κ1) is 20.2. The molecule has 0 saturated carbocycles. The number of hydrogen-bond acceptors (Lipinski definition) is 6. The quantitative estimate of drug-likeness (QED) is 0.458. The molecule has 1 heterocycles. The van der Waals surface area contributed by atoms with Gasteiger partial charge in [-0.1, -0.05) is 36.4 Å². The second-order valence-corrected chi connectivity index (χ2v) is 7.40. The number of carbonyl (C=O) groups excluding carboxylic acids is 2. The Morgan fingerprint density at radius 3 is 2.66 bits per heavy atom. The zero-order chi connectivity index (χ0) is 20.8. The highest BCUT2D eigenvalue weighted by atomic mass is 32.1. The summed E-state index contributed by atoms with van der Waals surface area (Å²) in [5.74, 6) is -0.996. The molecule has 2 N–H and O–H groups in total. The molecule has 0 bridgehead atoms. The van der Waals surface area contributed by atoms with Crippen molar-refractivity contribution in [3.05, 3.63) is 86.9 Å². The molecule has 148 valence electrons. The number of non-ortho nitro benzene ring substituents is 1. The van der Waals surface area contributed by atoms with Gasteiger partial charge in [0, 0.05) is 35.2 Å². The minimum absolute atomic E-state index is 0.109. The number of benzene rings is 2. The van der Waals surface area contributed by atoms with Crippen molar-refractivity contribution in [2.24, 2.45) is 0 Å². The van der Waals surface area contributed by atoms with Crippen molar-refractivity contribution in [1.82, 2.24) is 10.3 Å². The number of amides is 2. The summed E-state index contributed by atoms with van der Waals surface area (Å²) >= 11 is 1.36. The number of hydrogen-bond donors (Lipinski definition) is 2. The van der Waals surface area contributed by atoms with E-state index in [1.54, 1.807) is 6.20 Å². The molecule has 3 aromatic rings. The van der Waals surface area contributed by atoms with Gasteiger partial charge < -0.3 is 10.6 Å². The second kappa shape index (κ2) is 9.07. The zero-order valence-corrected chi connectivity index (χ0v) is 16.3. The summed E-state index contributed by atoms with van der Waals surface area (Å²) in [4.78, 5) is 40.1. The summed E-state index contributed by atoms with van der Waals surface area (Å²) in [6.07, 6.45) is 2.42. The van der Waals surface area contributed by atoms with E-state index in [0.29, 0.717) is 11.6 Å². The highest BCUT2D eigenvalue weighted by Gasteiger charge is 2.19. The summed E-state index contributed by atoms with van der Waals surface area (Å²) in [7, 11) is 0. The molecular weight excluding hydrogens is 392 g/mol. The van der Waals surface area contributed by atoms with Crippen molar-refractivity contribution in [2.45, 2.75) is 19.4 Å². The fourth-order valence-corrected chi connectivity index (χ4v) is 3.41. The van der Waals surface area contributed by atoms with Gasteiger partial charge in [-0.2, -0.15) is 0 Å². The minimum Gasteiger partial charge on any atom is -0.341 e. The number of rotatable bonds is 7.